The summed E-state index contributed by atoms with van der Waals surface area (Å²) >= 11 is 0. The van der Waals surface area contributed by atoms with Crippen LogP contribution in [0.4, 0.5) is 0 Å². The molecule has 0 spiro atoms. The molecule has 3 nitrogen and oxygen atoms in total. The van der Waals surface area contributed by atoms with E-state index in [9.17, 15) is 0 Å². The Balaban J connectivity index is 0.000000292. The molecule has 1 aromatic rings. The highest BCUT2D eigenvalue weighted by Gasteiger charge is 1.82. The summed E-state index contributed by atoms with van der Waals surface area (Å²) in [4.78, 5) is 7.24. The van der Waals surface area contributed by atoms with E-state index in [2.05, 4.69) is 23.8 Å². The lowest BCUT2D eigenvalue weighted by Crippen LogP contribution is -1.77. The highest BCUT2D eigenvalue weighted by Crippen LogP contribution is 1.85. The molecular formula is C8H11N3. The Labute approximate surface area is 66.7 Å². The van der Waals surface area contributed by atoms with Crippen LogP contribution in [-0.4, -0.2) is 9.97 Å². The summed E-state index contributed by atoms with van der Waals surface area (Å²) in [5, 5.41) is 8.21. The van der Waals surface area contributed by atoms with Gasteiger partial charge in [0.25, 0.3) is 0 Å². The molecule has 0 aliphatic carbocycles. The zero-order chi connectivity index (χ0) is 8.53. The maximum absolute atomic E-state index is 8.21. The minimum atomic E-state index is 0.493. The van der Waals surface area contributed by atoms with E-state index in [4.69, 9.17) is 5.26 Å². The molecule has 0 unspecified atom stereocenters. The van der Waals surface area contributed by atoms with E-state index in [1.54, 1.807) is 0 Å². The number of nitrogens with zero attached hydrogens (tertiary/aromatic N) is 3. The van der Waals surface area contributed by atoms with Gasteiger partial charge in [-0.25, -0.2) is 9.97 Å². The topological polar surface area (TPSA) is 49.6 Å². The van der Waals surface area contributed by atoms with Crippen LogP contribution in [0.15, 0.2) is 18.7 Å². The monoisotopic (exact) mass is 149 g/mol. The molecule has 0 fully saturated rings. The number of hydrogen-bond acceptors (Lipinski definition) is 3. The summed E-state index contributed by atoms with van der Waals surface area (Å²) in [5.41, 5.74) is 0.493. The summed E-state index contributed by atoms with van der Waals surface area (Å²) in [6, 6.07) is 1.90. The lowest BCUT2D eigenvalue weighted by molar-refractivity contribution is 1.09. The van der Waals surface area contributed by atoms with Crippen molar-refractivity contribution < 1.29 is 0 Å². The third-order valence-electron chi connectivity index (χ3n) is 0.690. The quantitative estimate of drug-likeness (QED) is 0.564. The Hall–Kier alpha value is -1.43. The smallest absolute Gasteiger partial charge is 0.115 e. The van der Waals surface area contributed by atoms with Crippen molar-refractivity contribution in [1.82, 2.24) is 9.97 Å². The molecule has 0 bridgehead atoms. The first-order valence-electron chi connectivity index (χ1n) is 3.50. The Morgan fingerprint density at radius 1 is 1.36 bits per heavy atom. The second-order valence-electron chi connectivity index (χ2n) is 1.95. The normalized spacial score (nSPS) is 7.36. The molecule has 3 heteroatoms. The van der Waals surface area contributed by atoms with Crippen LogP contribution in [-0.2, 0) is 0 Å². The highest BCUT2D eigenvalue weighted by atomic mass is 14.8. The largest absolute Gasteiger partial charge is 0.243 e. The summed E-state index contributed by atoms with van der Waals surface area (Å²) < 4.78 is 0. The average molecular weight is 149 g/mol. The Bertz CT molecular complexity index is 213. The van der Waals surface area contributed by atoms with Crippen LogP contribution in [0.1, 0.15) is 25.8 Å². The fourth-order valence-electron chi connectivity index (χ4n) is 0.357. The summed E-state index contributed by atoms with van der Waals surface area (Å²) in [5.74, 6) is 0. The summed E-state index contributed by atoms with van der Waals surface area (Å²) in [7, 11) is 0. The third-order valence-corrected chi connectivity index (χ3v) is 0.690. The molecule has 11 heavy (non-hydrogen) atoms. The van der Waals surface area contributed by atoms with Gasteiger partial charge in [-0.3, -0.25) is 0 Å². The maximum atomic E-state index is 8.21. The van der Waals surface area contributed by atoms with Crippen LogP contribution in [0.5, 0.6) is 0 Å². The van der Waals surface area contributed by atoms with E-state index in [1.165, 1.54) is 25.1 Å². The van der Waals surface area contributed by atoms with Crippen LogP contribution in [0.3, 0.4) is 0 Å². The Morgan fingerprint density at radius 2 is 1.82 bits per heavy atom. The van der Waals surface area contributed by atoms with Crippen LogP contribution in [0.25, 0.3) is 0 Å². The van der Waals surface area contributed by atoms with Gasteiger partial charge in [0.05, 0.1) is 5.56 Å². The van der Waals surface area contributed by atoms with E-state index >= 15 is 0 Å². The predicted molar refractivity (Wildman–Crippen MR) is 42.7 cm³/mol. The van der Waals surface area contributed by atoms with Gasteiger partial charge >= 0.3 is 0 Å². The summed E-state index contributed by atoms with van der Waals surface area (Å²) in [6.45, 7) is 4.25. The molecular weight excluding hydrogens is 138 g/mol. The molecule has 0 saturated carbocycles. The van der Waals surface area contributed by atoms with Crippen molar-refractivity contribution in [3.63, 3.8) is 0 Å². The van der Waals surface area contributed by atoms with Gasteiger partial charge in [-0.2, -0.15) is 5.26 Å². The molecule has 0 N–H and O–H groups in total. The maximum Gasteiger partial charge on any atom is 0.115 e. The van der Waals surface area contributed by atoms with E-state index in [1.807, 2.05) is 6.07 Å². The van der Waals surface area contributed by atoms with Crippen molar-refractivity contribution in [1.29, 1.82) is 5.26 Å². The molecule has 1 aromatic heterocycles. The Morgan fingerprint density at radius 3 is 2.09 bits per heavy atom. The molecule has 1 rings (SSSR count). The van der Waals surface area contributed by atoms with Crippen molar-refractivity contribution >= 4 is 0 Å². The van der Waals surface area contributed by atoms with Crippen molar-refractivity contribution in [2.24, 2.45) is 0 Å². The first-order chi connectivity index (χ1) is 5.35. The standard InChI is InChI=1S/C5H3N3.C3H8/c6-1-5-2-7-4-8-3-5;1-3-2/h2-4H;3H2,1-2H3. The number of hydrogen-bond donors (Lipinski definition) is 0. The minimum absolute atomic E-state index is 0.493. The van der Waals surface area contributed by atoms with Gasteiger partial charge in [0.1, 0.15) is 12.4 Å². The molecule has 1 heterocycles. The fourth-order valence-corrected chi connectivity index (χ4v) is 0.357. The zero-order valence-electron chi connectivity index (χ0n) is 6.78. The zero-order valence-corrected chi connectivity index (χ0v) is 6.78. The molecule has 0 aromatic carbocycles. The van der Waals surface area contributed by atoms with Crippen molar-refractivity contribution in [2.75, 3.05) is 0 Å². The average Bonchev–Trinajstić information content (AvgIpc) is 2.08. The van der Waals surface area contributed by atoms with Gasteiger partial charge in [-0.15, -0.1) is 0 Å². The second-order valence-corrected chi connectivity index (χ2v) is 1.95. The molecule has 0 atom stereocenters. The van der Waals surface area contributed by atoms with Crippen LogP contribution in [0, 0.1) is 11.3 Å². The summed E-state index contributed by atoms with van der Waals surface area (Å²) in [6.07, 6.45) is 5.57. The van der Waals surface area contributed by atoms with Crippen LogP contribution < -0.4 is 0 Å². The van der Waals surface area contributed by atoms with Gasteiger partial charge < -0.3 is 0 Å². The third kappa shape index (κ3) is 5.04. The lowest BCUT2D eigenvalue weighted by Gasteiger charge is -1.79. The molecule has 0 amide bonds. The van der Waals surface area contributed by atoms with Gasteiger partial charge in [0.15, 0.2) is 0 Å². The first kappa shape index (κ1) is 9.57. The second kappa shape index (κ2) is 6.69. The van der Waals surface area contributed by atoms with Crippen molar-refractivity contribution in [3.05, 3.63) is 24.3 Å². The van der Waals surface area contributed by atoms with Gasteiger partial charge in [0, 0.05) is 12.4 Å². The van der Waals surface area contributed by atoms with Crippen LogP contribution >= 0.6 is 0 Å². The molecule has 0 saturated heterocycles. The van der Waals surface area contributed by atoms with Gasteiger partial charge in [-0.05, 0) is 0 Å². The van der Waals surface area contributed by atoms with Crippen LogP contribution in [0.2, 0.25) is 0 Å². The Kier molecular flexibility index (Phi) is 5.82. The van der Waals surface area contributed by atoms with E-state index in [-0.39, 0.29) is 0 Å². The molecule has 0 aliphatic rings. The predicted octanol–water partition coefficient (Wildman–Crippen LogP) is 1.76. The fraction of sp³-hybridized carbons (Fsp3) is 0.375. The number of rotatable bonds is 0. The molecule has 0 radical (unpaired) electrons. The van der Waals surface area contributed by atoms with Crippen molar-refractivity contribution in [2.45, 2.75) is 20.3 Å². The minimum Gasteiger partial charge on any atom is -0.243 e. The lowest BCUT2D eigenvalue weighted by atomic mass is 10.4. The first-order valence-corrected chi connectivity index (χ1v) is 3.50. The van der Waals surface area contributed by atoms with E-state index < -0.39 is 0 Å². The molecule has 58 valence electrons. The molecule has 0 aliphatic heterocycles. The number of aromatic nitrogens is 2. The van der Waals surface area contributed by atoms with Crippen molar-refractivity contribution in [3.8, 4) is 6.07 Å². The SMILES string of the molecule is CCC.N#Cc1cncnc1. The van der Waals surface area contributed by atoms with Gasteiger partial charge in [0.2, 0.25) is 0 Å². The number of nitriles is 1. The van der Waals surface area contributed by atoms with Gasteiger partial charge in [-0.1, -0.05) is 20.3 Å². The van der Waals surface area contributed by atoms with E-state index in [0.717, 1.165) is 0 Å². The van der Waals surface area contributed by atoms with E-state index in [0.29, 0.717) is 5.56 Å². The highest BCUT2D eigenvalue weighted by molar-refractivity contribution is 5.20.